The Bertz CT molecular complexity index is 622. The van der Waals surface area contributed by atoms with Crippen LogP contribution in [-0.2, 0) is 4.79 Å². The van der Waals surface area contributed by atoms with Crippen LogP contribution in [0.25, 0.3) is 0 Å². The number of carbonyl (C=O) groups excluding carboxylic acids is 1. The molecule has 0 spiro atoms. The summed E-state index contributed by atoms with van der Waals surface area (Å²) in [6.45, 7) is 6.17. The van der Waals surface area contributed by atoms with E-state index >= 15 is 0 Å². The molecule has 1 N–H and O–H groups in total. The van der Waals surface area contributed by atoms with Gasteiger partial charge in [-0.1, -0.05) is 29.8 Å². The van der Waals surface area contributed by atoms with Crippen molar-refractivity contribution in [1.29, 1.82) is 0 Å². The van der Waals surface area contributed by atoms with Crippen LogP contribution in [-0.4, -0.2) is 18.6 Å². The Morgan fingerprint density at radius 2 is 1.82 bits per heavy atom. The maximum absolute atomic E-state index is 12.2. The molecule has 0 aromatic heterocycles. The fraction of sp³-hybridized carbons (Fsp3) is 0.278. The fourth-order valence-corrected chi connectivity index (χ4v) is 1.96. The van der Waals surface area contributed by atoms with Gasteiger partial charge in [-0.2, -0.15) is 0 Å². The van der Waals surface area contributed by atoms with Crippen LogP contribution in [0.1, 0.15) is 19.4 Å². The van der Waals surface area contributed by atoms with E-state index in [4.69, 9.17) is 9.47 Å². The number of rotatable bonds is 6. The van der Waals surface area contributed by atoms with Gasteiger partial charge in [0.05, 0.1) is 12.3 Å². The first-order chi connectivity index (χ1) is 10.6. The summed E-state index contributed by atoms with van der Waals surface area (Å²) in [7, 11) is 0. The number of hydrogen-bond acceptors (Lipinski definition) is 3. The highest BCUT2D eigenvalue weighted by Crippen LogP contribution is 2.24. The third-order valence-corrected chi connectivity index (χ3v) is 3.15. The smallest absolute Gasteiger partial charge is 0.265 e. The lowest BCUT2D eigenvalue weighted by atomic mass is 10.2. The van der Waals surface area contributed by atoms with Gasteiger partial charge in [0, 0.05) is 0 Å². The van der Waals surface area contributed by atoms with Gasteiger partial charge < -0.3 is 14.8 Å². The van der Waals surface area contributed by atoms with Crippen LogP contribution in [0.15, 0.2) is 48.5 Å². The van der Waals surface area contributed by atoms with E-state index < -0.39 is 6.10 Å². The summed E-state index contributed by atoms with van der Waals surface area (Å²) >= 11 is 0. The molecule has 0 aliphatic rings. The highest BCUT2D eigenvalue weighted by atomic mass is 16.5. The van der Waals surface area contributed by atoms with Gasteiger partial charge in [-0.05, 0) is 45.0 Å². The molecule has 4 nitrogen and oxygen atoms in total. The Hall–Kier alpha value is -2.49. The minimum Gasteiger partial charge on any atom is -0.492 e. The van der Waals surface area contributed by atoms with Gasteiger partial charge in [-0.25, -0.2) is 0 Å². The molecule has 1 atom stereocenters. The average Bonchev–Trinajstić information content (AvgIpc) is 2.51. The van der Waals surface area contributed by atoms with Crippen molar-refractivity contribution in [2.75, 3.05) is 11.9 Å². The summed E-state index contributed by atoms with van der Waals surface area (Å²) in [6, 6.07) is 15.0. The van der Waals surface area contributed by atoms with Crippen LogP contribution in [0.4, 0.5) is 5.69 Å². The van der Waals surface area contributed by atoms with E-state index in [0.29, 0.717) is 23.8 Å². The average molecular weight is 299 g/mol. The minimum atomic E-state index is -0.600. The summed E-state index contributed by atoms with van der Waals surface area (Å²) in [5.74, 6) is 1.11. The second-order valence-electron chi connectivity index (χ2n) is 4.99. The molecule has 1 amide bonds. The van der Waals surface area contributed by atoms with Crippen molar-refractivity contribution in [2.24, 2.45) is 0 Å². The Labute approximate surface area is 131 Å². The van der Waals surface area contributed by atoms with Crippen LogP contribution < -0.4 is 14.8 Å². The molecule has 0 saturated carbocycles. The molecule has 0 radical (unpaired) electrons. The predicted octanol–water partition coefficient (Wildman–Crippen LogP) is 3.80. The highest BCUT2D eigenvalue weighted by Gasteiger charge is 2.16. The van der Waals surface area contributed by atoms with E-state index in [1.165, 1.54) is 0 Å². The number of carbonyl (C=O) groups is 1. The molecule has 0 saturated heterocycles. The molecule has 22 heavy (non-hydrogen) atoms. The number of hydrogen-bond donors (Lipinski definition) is 1. The lowest BCUT2D eigenvalue weighted by molar-refractivity contribution is -0.122. The Kier molecular flexibility index (Phi) is 5.42. The zero-order valence-electron chi connectivity index (χ0n) is 13.1. The summed E-state index contributed by atoms with van der Waals surface area (Å²) in [5, 5.41) is 2.84. The Morgan fingerprint density at radius 3 is 2.50 bits per heavy atom. The topological polar surface area (TPSA) is 47.6 Å². The summed E-state index contributed by atoms with van der Waals surface area (Å²) in [4.78, 5) is 12.2. The van der Waals surface area contributed by atoms with E-state index in [1.54, 1.807) is 6.92 Å². The van der Waals surface area contributed by atoms with Gasteiger partial charge >= 0.3 is 0 Å². The van der Waals surface area contributed by atoms with Crippen LogP contribution >= 0.6 is 0 Å². The van der Waals surface area contributed by atoms with Gasteiger partial charge in [0.1, 0.15) is 11.5 Å². The van der Waals surface area contributed by atoms with Crippen LogP contribution in [0.3, 0.4) is 0 Å². The van der Waals surface area contributed by atoms with E-state index in [2.05, 4.69) is 5.32 Å². The molecule has 116 valence electrons. The van der Waals surface area contributed by atoms with Gasteiger partial charge in [0.25, 0.3) is 5.91 Å². The number of anilines is 1. The van der Waals surface area contributed by atoms with Crippen molar-refractivity contribution in [3.05, 3.63) is 54.1 Å². The molecule has 0 aliphatic heterocycles. The zero-order chi connectivity index (χ0) is 15.9. The molecule has 0 heterocycles. The first-order valence-electron chi connectivity index (χ1n) is 7.36. The fourth-order valence-electron chi connectivity index (χ4n) is 1.96. The molecule has 2 aromatic rings. The van der Waals surface area contributed by atoms with Crippen molar-refractivity contribution < 1.29 is 14.3 Å². The number of amides is 1. The lowest BCUT2D eigenvalue weighted by Crippen LogP contribution is -2.30. The molecule has 0 fully saturated rings. The van der Waals surface area contributed by atoms with Crippen molar-refractivity contribution in [3.8, 4) is 11.5 Å². The lowest BCUT2D eigenvalue weighted by Gasteiger charge is -2.16. The van der Waals surface area contributed by atoms with Gasteiger partial charge in [0.2, 0.25) is 0 Å². The number of nitrogens with one attached hydrogen (secondary N) is 1. The van der Waals surface area contributed by atoms with Crippen molar-refractivity contribution in [2.45, 2.75) is 26.9 Å². The normalized spacial score (nSPS) is 11.6. The first-order valence-corrected chi connectivity index (χ1v) is 7.36. The maximum Gasteiger partial charge on any atom is 0.265 e. The van der Waals surface area contributed by atoms with Crippen LogP contribution in [0, 0.1) is 6.92 Å². The van der Waals surface area contributed by atoms with E-state index in [9.17, 15) is 4.79 Å². The van der Waals surface area contributed by atoms with Crippen molar-refractivity contribution in [1.82, 2.24) is 0 Å². The molecular weight excluding hydrogens is 278 g/mol. The van der Waals surface area contributed by atoms with Crippen molar-refractivity contribution >= 4 is 11.6 Å². The van der Waals surface area contributed by atoms with Crippen molar-refractivity contribution in [3.63, 3.8) is 0 Å². The zero-order valence-corrected chi connectivity index (χ0v) is 13.1. The van der Waals surface area contributed by atoms with Gasteiger partial charge in [-0.3, -0.25) is 4.79 Å². The molecule has 2 aromatic carbocycles. The number of aryl methyl sites for hydroxylation is 1. The first kappa shape index (κ1) is 15.9. The molecule has 0 unspecified atom stereocenters. The third-order valence-electron chi connectivity index (χ3n) is 3.15. The number of para-hydroxylation sites is 2. The van der Waals surface area contributed by atoms with Crippen LogP contribution in [0.5, 0.6) is 11.5 Å². The minimum absolute atomic E-state index is 0.215. The second-order valence-corrected chi connectivity index (χ2v) is 4.99. The van der Waals surface area contributed by atoms with E-state index in [1.807, 2.05) is 62.4 Å². The molecule has 0 bridgehead atoms. The number of benzene rings is 2. The summed E-state index contributed by atoms with van der Waals surface area (Å²) in [6.07, 6.45) is -0.600. The molecule has 4 heteroatoms. The Morgan fingerprint density at radius 1 is 1.14 bits per heavy atom. The third kappa shape index (κ3) is 4.25. The summed E-state index contributed by atoms with van der Waals surface area (Å²) in [5.41, 5.74) is 1.80. The molecular formula is C18H21NO3. The van der Waals surface area contributed by atoms with E-state index in [-0.39, 0.29) is 5.91 Å². The van der Waals surface area contributed by atoms with E-state index in [0.717, 1.165) is 5.56 Å². The highest BCUT2D eigenvalue weighted by molar-refractivity contribution is 5.95. The summed E-state index contributed by atoms with van der Waals surface area (Å²) < 4.78 is 11.1. The Balaban J connectivity index is 2.01. The second kappa shape index (κ2) is 7.50. The number of ether oxygens (including phenoxy) is 2. The predicted molar refractivity (Wildman–Crippen MR) is 87.5 cm³/mol. The molecule has 2 rings (SSSR count). The standard InChI is InChI=1S/C18H21NO3/c1-4-21-17-8-6-5-7-16(17)19-18(20)14(3)22-15-11-9-13(2)10-12-15/h5-12,14H,4H2,1-3H3,(H,19,20)/t14-/m0/s1. The van der Waals surface area contributed by atoms with Gasteiger partial charge in [-0.15, -0.1) is 0 Å². The maximum atomic E-state index is 12.2. The van der Waals surface area contributed by atoms with Crippen LogP contribution in [0.2, 0.25) is 0 Å². The van der Waals surface area contributed by atoms with Gasteiger partial charge in [0.15, 0.2) is 6.10 Å². The SMILES string of the molecule is CCOc1ccccc1NC(=O)[C@H](C)Oc1ccc(C)cc1. The largest absolute Gasteiger partial charge is 0.492 e. The monoisotopic (exact) mass is 299 g/mol. The molecule has 0 aliphatic carbocycles. The quantitative estimate of drug-likeness (QED) is 0.882.